The van der Waals surface area contributed by atoms with E-state index in [0.29, 0.717) is 29.9 Å². The second-order valence-corrected chi connectivity index (χ2v) is 6.32. The molecule has 1 unspecified atom stereocenters. The van der Waals surface area contributed by atoms with E-state index in [0.717, 1.165) is 5.56 Å². The average Bonchev–Trinajstić information content (AvgIpc) is 3.05. The number of carboxylic acid groups (broad SMARTS) is 1. The van der Waals surface area contributed by atoms with Crippen molar-refractivity contribution in [2.45, 2.75) is 38.8 Å². The number of ether oxygens (including phenoxy) is 1. The molecule has 0 spiro atoms. The fourth-order valence-electron chi connectivity index (χ4n) is 2.77. The number of aryl methyl sites for hydroxylation is 1. The lowest BCUT2D eigenvalue weighted by molar-refractivity contribution is -0.137. The monoisotopic (exact) mass is 388 g/mol. The van der Waals surface area contributed by atoms with E-state index in [1.165, 1.54) is 13.2 Å². The number of amides is 2. The number of carbonyl (C=O) groups is 3. The van der Waals surface area contributed by atoms with Crippen LogP contribution < -0.4 is 10.6 Å². The first-order valence-electron chi connectivity index (χ1n) is 8.86. The Kier molecular flexibility index (Phi) is 7.62. The molecule has 1 heterocycles. The first-order valence-corrected chi connectivity index (χ1v) is 8.86. The molecule has 1 aromatic heterocycles. The Labute approximate surface area is 162 Å². The summed E-state index contributed by atoms with van der Waals surface area (Å²) in [6, 6.07) is 10.3. The van der Waals surface area contributed by atoms with Gasteiger partial charge in [0.05, 0.1) is 13.7 Å². The van der Waals surface area contributed by atoms with Gasteiger partial charge in [0, 0.05) is 12.5 Å². The predicted molar refractivity (Wildman–Crippen MR) is 101 cm³/mol. The first kappa shape index (κ1) is 21.0. The number of furan rings is 1. The Bertz CT molecular complexity index is 815. The summed E-state index contributed by atoms with van der Waals surface area (Å²) in [6.07, 6.45) is 0.787. The highest BCUT2D eigenvalue weighted by atomic mass is 16.5. The van der Waals surface area contributed by atoms with Crippen molar-refractivity contribution >= 4 is 18.0 Å². The molecule has 0 aliphatic rings. The molecule has 0 aliphatic carbocycles. The molecule has 8 heteroatoms. The normalized spacial score (nSPS) is 11.5. The fraction of sp³-hybridized carbons (Fsp3) is 0.350. The molecule has 0 bridgehead atoms. The van der Waals surface area contributed by atoms with Crippen molar-refractivity contribution in [1.82, 2.24) is 10.6 Å². The zero-order valence-electron chi connectivity index (χ0n) is 15.9. The van der Waals surface area contributed by atoms with Crippen LogP contribution in [0.1, 0.15) is 40.3 Å². The van der Waals surface area contributed by atoms with Crippen LogP contribution in [0.4, 0.5) is 4.79 Å². The van der Waals surface area contributed by atoms with Crippen molar-refractivity contribution in [1.29, 1.82) is 0 Å². The molecule has 0 saturated carbocycles. The number of rotatable bonds is 9. The van der Waals surface area contributed by atoms with Gasteiger partial charge in [0.15, 0.2) is 0 Å². The van der Waals surface area contributed by atoms with Crippen LogP contribution in [0, 0.1) is 6.92 Å². The molecule has 3 N–H and O–H groups in total. The van der Waals surface area contributed by atoms with Crippen molar-refractivity contribution in [2.24, 2.45) is 0 Å². The van der Waals surface area contributed by atoms with E-state index in [-0.39, 0.29) is 19.0 Å². The molecule has 0 aliphatic heterocycles. The van der Waals surface area contributed by atoms with Gasteiger partial charge < -0.3 is 24.9 Å². The summed E-state index contributed by atoms with van der Waals surface area (Å²) in [5.74, 6) is -0.596. The predicted octanol–water partition coefficient (Wildman–Crippen LogP) is 2.65. The average molecular weight is 388 g/mol. The van der Waals surface area contributed by atoms with Crippen LogP contribution in [-0.2, 0) is 22.5 Å². The lowest BCUT2D eigenvalue weighted by atomic mass is 10.0. The lowest BCUT2D eigenvalue weighted by Crippen LogP contribution is -2.43. The van der Waals surface area contributed by atoms with Gasteiger partial charge in [-0.3, -0.25) is 4.79 Å². The van der Waals surface area contributed by atoms with E-state index in [9.17, 15) is 14.4 Å². The number of nitrogens with one attached hydrogen (secondary N) is 2. The standard InChI is InChI=1S/C20H24N2O6/c1-13-17(19(25)27-2)11-16(28-13)12-21-20(26)22-15(8-9-18(23)24)10-14-6-4-3-5-7-14/h3-7,11,15H,8-10,12H2,1-2H3,(H,23,24)(H2,21,22,26). The van der Waals surface area contributed by atoms with Crippen LogP contribution in [0.15, 0.2) is 40.8 Å². The highest BCUT2D eigenvalue weighted by Crippen LogP contribution is 2.15. The minimum absolute atomic E-state index is 0.0440. The van der Waals surface area contributed by atoms with Gasteiger partial charge in [0.1, 0.15) is 17.1 Å². The summed E-state index contributed by atoms with van der Waals surface area (Å²) in [7, 11) is 1.28. The third kappa shape index (κ3) is 6.46. The Morgan fingerprint density at radius 3 is 2.57 bits per heavy atom. The summed E-state index contributed by atoms with van der Waals surface area (Å²) in [6.45, 7) is 1.72. The molecule has 2 aromatic rings. The van der Waals surface area contributed by atoms with Crippen LogP contribution >= 0.6 is 0 Å². The highest BCUT2D eigenvalue weighted by molar-refractivity contribution is 5.90. The Morgan fingerprint density at radius 2 is 1.93 bits per heavy atom. The molecule has 0 fully saturated rings. The SMILES string of the molecule is COC(=O)c1cc(CNC(=O)NC(CCC(=O)O)Cc2ccccc2)oc1C. The molecule has 2 amide bonds. The number of hydrogen-bond acceptors (Lipinski definition) is 5. The highest BCUT2D eigenvalue weighted by Gasteiger charge is 2.17. The van der Waals surface area contributed by atoms with Crippen molar-refractivity contribution in [2.75, 3.05) is 7.11 Å². The van der Waals surface area contributed by atoms with E-state index in [4.69, 9.17) is 9.52 Å². The number of hydrogen-bond donors (Lipinski definition) is 3. The van der Waals surface area contributed by atoms with Gasteiger partial charge in [-0.1, -0.05) is 30.3 Å². The van der Waals surface area contributed by atoms with E-state index < -0.39 is 18.0 Å². The minimum Gasteiger partial charge on any atom is -0.481 e. The third-order valence-corrected chi connectivity index (χ3v) is 4.16. The number of carbonyl (C=O) groups excluding carboxylic acids is 2. The van der Waals surface area contributed by atoms with E-state index >= 15 is 0 Å². The first-order chi connectivity index (χ1) is 13.4. The van der Waals surface area contributed by atoms with Gasteiger partial charge in [-0.05, 0) is 31.4 Å². The van der Waals surface area contributed by atoms with Crippen LogP contribution in [0.5, 0.6) is 0 Å². The molecule has 8 nitrogen and oxygen atoms in total. The quantitative estimate of drug-likeness (QED) is 0.569. The summed E-state index contributed by atoms with van der Waals surface area (Å²) in [5, 5.41) is 14.4. The van der Waals surface area contributed by atoms with Crippen LogP contribution in [-0.4, -0.2) is 36.2 Å². The summed E-state index contributed by atoms with van der Waals surface area (Å²) in [4.78, 5) is 34.7. The smallest absolute Gasteiger partial charge is 0.341 e. The second-order valence-electron chi connectivity index (χ2n) is 6.32. The molecule has 2 rings (SSSR count). The number of esters is 1. The largest absolute Gasteiger partial charge is 0.481 e. The van der Waals surface area contributed by atoms with E-state index in [2.05, 4.69) is 15.4 Å². The number of urea groups is 1. The van der Waals surface area contributed by atoms with E-state index in [1.54, 1.807) is 6.92 Å². The molecule has 150 valence electrons. The Hall–Kier alpha value is -3.29. The van der Waals surface area contributed by atoms with Gasteiger partial charge in [0.25, 0.3) is 0 Å². The summed E-state index contributed by atoms with van der Waals surface area (Å²) in [5.41, 5.74) is 1.31. The van der Waals surface area contributed by atoms with Gasteiger partial charge >= 0.3 is 18.0 Å². The molecule has 28 heavy (non-hydrogen) atoms. The number of aliphatic carboxylic acids is 1. The molecule has 1 atom stereocenters. The van der Waals surface area contributed by atoms with Crippen LogP contribution in [0.25, 0.3) is 0 Å². The van der Waals surface area contributed by atoms with E-state index in [1.807, 2.05) is 30.3 Å². The van der Waals surface area contributed by atoms with Crippen molar-refractivity contribution in [3.05, 3.63) is 59.0 Å². The number of carboxylic acids is 1. The topological polar surface area (TPSA) is 118 Å². The molecule has 1 aromatic carbocycles. The van der Waals surface area contributed by atoms with Crippen molar-refractivity contribution < 1.29 is 28.6 Å². The number of benzene rings is 1. The maximum Gasteiger partial charge on any atom is 0.341 e. The fourth-order valence-corrected chi connectivity index (χ4v) is 2.77. The van der Waals surface area contributed by atoms with Gasteiger partial charge in [-0.25, -0.2) is 9.59 Å². The van der Waals surface area contributed by atoms with Crippen molar-refractivity contribution in [3.63, 3.8) is 0 Å². The third-order valence-electron chi connectivity index (χ3n) is 4.16. The summed E-state index contributed by atoms with van der Waals surface area (Å²) >= 11 is 0. The second kappa shape index (κ2) is 10.1. The Balaban J connectivity index is 1.93. The maximum atomic E-state index is 12.2. The van der Waals surface area contributed by atoms with Gasteiger partial charge in [-0.15, -0.1) is 0 Å². The maximum absolute atomic E-state index is 12.2. The van der Waals surface area contributed by atoms with Crippen LogP contribution in [0.2, 0.25) is 0 Å². The molecular formula is C20H24N2O6. The summed E-state index contributed by atoms with van der Waals surface area (Å²) < 4.78 is 10.1. The van der Waals surface area contributed by atoms with Gasteiger partial charge in [-0.2, -0.15) is 0 Å². The molecule has 0 radical (unpaired) electrons. The zero-order valence-corrected chi connectivity index (χ0v) is 15.9. The van der Waals surface area contributed by atoms with Crippen molar-refractivity contribution in [3.8, 4) is 0 Å². The zero-order chi connectivity index (χ0) is 20.5. The lowest BCUT2D eigenvalue weighted by Gasteiger charge is -2.18. The van der Waals surface area contributed by atoms with Gasteiger partial charge in [0.2, 0.25) is 0 Å². The Morgan fingerprint density at radius 1 is 1.21 bits per heavy atom. The number of methoxy groups -OCH3 is 1. The molecule has 0 saturated heterocycles. The molecular weight excluding hydrogens is 364 g/mol. The minimum atomic E-state index is -0.915. The van der Waals surface area contributed by atoms with Crippen LogP contribution in [0.3, 0.4) is 0 Å².